The molecular weight excluding hydrogens is 198 g/mol. The summed E-state index contributed by atoms with van der Waals surface area (Å²) in [6.45, 7) is 4.41. The third-order valence-corrected chi connectivity index (χ3v) is 3.57. The van der Waals surface area contributed by atoms with Gasteiger partial charge in [-0.3, -0.25) is 0 Å². The van der Waals surface area contributed by atoms with E-state index < -0.39 is 0 Å². The van der Waals surface area contributed by atoms with Gasteiger partial charge in [0.05, 0.1) is 11.4 Å². The van der Waals surface area contributed by atoms with E-state index in [0.29, 0.717) is 11.6 Å². The second kappa shape index (κ2) is 4.34. The van der Waals surface area contributed by atoms with Crippen LogP contribution in [0.15, 0.2) is 12.1 Å². The molecule has 0 saturated carbocycles. The van der Waals surface area contributed by atoms with Crippen molar-refractivity contribution >= 4 is 11.4 Å². The molecule has 1 aromatic rings. The molecule has 1 heterocycles. The summed E-state index contributed by atoms with van der Waals surface area (Å²) in [5, 5.41) is 0. The van der Waals surface area contributed by atoms with Gasteiger partial charge in [0.15, 0.2) is 0 Å². The second-order valence-electron chi connectivity index (χ2n) is 4.90. The highest BCUT2D eigenvalue weighted by molar-refractivity contribution is 5.70. The molecule has 2 rings (SSSR count). The van der Waals surface area contributed by atoms with Gasteiger partial charge < -0.3 is 16.4 Å². The number of benzene rings is 1. The molecule has 1 unspecified atom stereocenters. The van der Waals surface area contributed by atoms with Gasteiger partial charge in [0.2, 0.25) is 0 Å². The molecule has 0 aromatic heterocycles. The summed E-state index contributed by atoms with van der Waals surface area (Å²) in [7, 11) is 2.17. The van der Waals surface area contributed by atoms with E-state index in [0.717, 1.165) is 12.2 Å². The summed E-state index contributed by atoms with van der Waals surface area (Å²) >= 11 is 0. The van der Waals surface area contributed by atoms with Crippen LogP contribution in [0.1, 0.15) is 29.9 Å². The van der Waals surface area contributed by atoms with Crippen LogP contribution in [0.2, 0.25) is 0 Å². The maximum Gasteiger partial charge on any atom is 0.0586 e. The van der Waals surface area contributed by atoms with Crippen LogP contribution in [0, 0.1) is 6.92 Å². The Morgan fingerprint density at radius 1 is 1.31 bits per heavy atom. The zero-order chi connectivity index (χ0) is 11.7. The third-order valence-electron chi connectivity index (χ3n) is 3.57. The van der Waals surface area contributed by atoms with E-state index in [9.17, 15) is 0 Å². The number of nitrogens with two attached hydrogens (primary N) is 2. The van der Waals surface area contributed by atoms with Crippen molar-refractivity contribution in [1.29, 1.82) is 0 Å². The minimum atomic E-state index is 0.544. The van der Waals surface area contributed by atoms with Gasteiger partial charge in [-0.05, 0) is 56.5 Å². The van der Waals surface area contributed by atoms with Crippen molar-refractivity contribution in [3.63, 3.8) is 0 Å². The molecule has 4 N–H and O–H groups in total. The Hall–Kier alpha value is -1.22. The number of likely N-dealkylation sites (tertiary alicyclic amines) is 1. The smallest absolute Gasteiger partial charge is 0.0586 e. The summed E-state index contributed by atoms with van der Waals surface area (Å²) in [6, 6.07) is 3.98. The van der Waals surface area contributed by atoms with E-state index in [1.54, 1.807) is 0 Å². The molecule has 0 spiro atoms. The van der Waals surface area contributed by atoms with Gasteiger partial charge in [0.25, 0.3) is 0 Å². The maximum atomic E-state index is 6.12. The molecule has 3 nitrogen and oxygen atoms in total. The monoisotopic (exact) mass is 219 g/mol. The number of nitrogens with zero attached hydrogens (tertiary/aromatic N) is 1. The van der Waals surface area contributed by atoms with Crippen LogP contribution < -0.4 is 11.5 Å². The molecule has 1 saturated heterocycles. The van der Waals surface area contributed by atoms with Crippen molar-refractivity contribution in [3.8, 4) is 0 Å². The molecule has 1 aliphatic heterocycles. The van der Waals surface area contributed by atoms with Crippen LogP contribution in [0.4, 0.5) is 11.4 Å². The summed E-state index contributed by atoms with van der Waals surface area (Å²) in [5.41, 5.74) is 16.1. The topological polar surface area (TPSA) is 55.3 Å². The van der Waals surface area contributed by atoms with Gasteiger partial charge in [0.1, 0.15) is 0 Å². The summed E-state index contributed by atoms with van der Waals surface area (Å²) < 4.78 is 0. The normalized spacial score (nSPS) is 22.2. The minimum absolute atomic E-state index is 0.544. The third kappa shape index (κ3) is 2.00. The average Bonchev–Trinajstić information content (AvgIpc) is 2.24. The standard InChI is InChI=1S/C13H21N3/c1-9-5-6-11(14)13(15)12(9)10-4-3-7-16(2)8-10/h5-6,10H,3-4,7-8,14-15H2,1-2H3. The lowest BCUT2D eigenvalue weighted by Crippen LogP contribution is -2.31. The summed E-state index contributed by atoms with van der Waals surface area (Å²) in [4.78, 5) is 2.37. The number of piperidine rings is 1. The second-order valence-corrected chi connectivity index (χ2v) is 4.90. The number of likely N-dealkylation sites (N-methyl/N-ethyl adjacent to an activating group) is 1. The highest BCUT2D eigenvalue weighted by Gasteiger charge is 2.22. The Labute approximate surface area is 97.4 Å². The van der Waals surface area contributed by atoms with Crippen molar-refractivity contribution in [3.05, 3.63) is 23.3 Å². The van der Waals surface area contributed by atoms with Gasteiger partial charge in [-0.25, -0.2) is 0 Å². The zero-order valence-corrected chi connectivity index (χ0v) is 10.2. The Kier molecular flexibility index (Phi) is 3.06. The van der Waals surface area contributed by atoms with Crippen molar-refractivity contribution in [2.75, 3.05) is 31.6 Å². The van der Waals surface area contributed by atoms with E-state index in [1.807, 2.05) is 6.07 Å². The Morgan fingerprint density at radius 2 is 2.06 bits per heavy atom. The van der Waals surface area contributed by atoms with Gasteiger partial charge in [-0.2, -0.15) is 0 Å². The average molecular weight is 219 g/mol. The molecule has 3 heteroatoms. The molecule has 1 aliphatic rings. The highest BCUT2D eigenvalue weighted by Crippen LogP contribution is 2.35. The number of rotatable bonds is 1. The molecule has 0 aliphatic carbocycles. The van der Waals surface area contributed by atoms with E-state index in [1.165, 1.54) is 30.5 Å². The maximum absolute atomic E-state index is 6.12. The van der Waals surface area contributed by atoms with Crippen LogP contribution >= 0.6 is 0 Å². The van der Waals surface area contributed by atoms with Crippen LogP contribution in [-0.2, 0) is 0 Å². The molecule has 1 fully saturated rings. The van der Waals surface area contributed by atoms with E-state index in [-0.39, 0.29) is 0 Å². The van der Waals surface area contributed by atoms with Gasteiger partial charge in [0, 0.05) is 6.54 Å². The first kappa shape index (κ1) is 11.3. The fourth-order valence-corrected chi connectivity index (χ4v) is 2.71. The van der Waals surface area contributed by atoms with E-state index in [2.05, 4.69) is 24.9 Å². The van der Waals surface area contributed by atoms with Gasteiger partial charge in [-0.15, -0.1) is 0 Å². The number of hydrogen-bond acceptors (Lipinski definition) is 3. The molecular formula is C13H21N3. The largest absolute Gasteiger partial charge is 0.397 e. The quantitative estimate of drug-likeness (QED) is 0.710. The van der Waals surface area contributed by atoms with Crippen LogP contribution in [0.25, 0.3) is 0 Å². The Morgan fingerprint density at radius 3 is 2.75 bits per heavy atom. The molecule has 0 bridgehead atoms. The van der Waals surface area contributed by atoms with E-state index >= 15 is 0 Å². The number of aryl methyl sites for hydroxylation is 1. The first-order valence-corrected chi connectivity index (χ1v) is 5.92. The molecule has 16 heavy (non-hydrogen) atoms. The Bertz CT molecular complexity index is 387. The first-order valence-electron chi connectivity index (χ1n) is 5.92. The Balaban J connectivity index is 2.35. The van der Waals surface area contributed by atoms with Crippen LogP contribution in [0.3, 0.4) is 0 Å². The molecule has 0 radical (unpaired) electrons. The summed E-state index contributed by atoms with van der Waals surface area (Å²) in [5.74, 6) is 0.544. The first-order chi connectivity index (χ1) is 7.59. The lowest BCUT2D eigenvalue weighted by Gasteiger charge is -2.31. The van der Waals surface area contributed by atoms with Crippen molar-refractivity contribution in [1.82, 2.24) is 4.90 Å². The molecule has 1 atom stereocenters. The summed E-state index contributed by atoms with van der Waals surface area (Å²) in [6.07, 6.45) is 2.47. The zero-order valence-electron chi connectivity index (χ0n) is 10.2. The van der Waals surface area contributed by atoms with Gasteiger partial charge >= 0.3 is 0 Å². The van der Waals surface area contributed by atoms with Gasteiger partial charge in [-0.1, -0.05) is 6.07 Å². The van der Waals surface area contributed by atoms with Crippen LogP contribution in [-0.4, -0.2) is 25.0 Å². The highest BCUT2D eigenvalue weighted by atomic mass is 15.1. The number of nitrogen functional groups attached to an aromatic ring is 2. The predicted octanol–water partition coefficient (Wildman–Crippen LogP) is 1.97. The molecule has 0 amide bonds. The number of hydrogen-bond donors (Lipinski definition) is 2. The number of anilines is 2. The predicted molar refractivity (Wildman–Crippen MR) is 69.5 cm³/mol. The van der Waals surface area contributed by atoms with Crippen molar-refractivity contribution < 1.29 is 0 Å². The fraction of sp³-hybridized carbons (Fsp3) is 0.538. The fourth-order valence-electron chi connectivity index (χ4n) is 2.71. The van der Waals surface area contributed by atoms with Crippen molar-refractivity contribution in [2.24, 2.45) is 0 Å². The van der Waals surface area contributed by atoms with E-state index in [4.69, 9.17) is 11.5 Å². The SMILES string of the molecule is Cc1ccc(N)c(N)c1C1CCCN(C)C1. The molecule has 1 aromatic carbocycles. The van der Waals surface area contributed by atoms with Crippen molar-refractivity contribution in [2.45, 2.75) is 25.7 Å². The molecule has 88 valence electrons. The van der Waals surface area contributed by atoms with Crippen LogP contribution in [0.5, 0.6) is 0 Å². The lowest BCUT2D eigenvalue weighted by atomic mass is 9.86. The lowest BCUT2D eigenvalue weighted by molar-refractivity contribution is 0.251. The minimum Gasteiger partial charge on any atom is -0.397 e.